The van der Waals surface area contributed by atoms with Gasteiger partial charge in [-0.15, -0.1) is 0 Å². The summed E-state index contributed by atoms with van der Waals surface area (Å²) in [5, 5.41) is 0. The first-order valence-corrected chi connectivity index (χ1v) is 15.2. The number of hydrogen-bond acceptors (Lipinski definition) is 6. The molecule has 6 rings (SSSR count). The number of ether oxygens (including phenoxy) is 3. The molecule has 4 aliphatic rings. The molecule has 1 saturated carbocycles. The van der Waals surface area contributed by atoms with E-state index in [9.17, 15) is 9.59 Å². The fourth-order valence-electron chi connectivity index (χ4n) is 6.73. The summed E-state index contributed by atoms with van der Waals surface area (Å²) in [5.74, 6) is 2.75. The van der Waals surface area contributed by atoms with Crippen molar-refractivity contribution in [1.82, 2.24) is 19.4 Å². The maximum Gasteiger partial charge on any atom is 0.410 e. The molecule has 41 heavy (non-hydrogen) atoms. The number of hydrogen-bond donors (Lipinski definition) is 0. The van der Waals surface area contributed by atoms with Crippen molar-refractivity contribution in [2.45, 2.75) is 83.8 Å². The number of rotatable bonds is 3. The molecule has 0 N–H and O–H groups in total. The molecule has 0 radical (unpaired) electrons. The number of nitrogens with zero attached hydrogens (tertiary/aromatic N) is 4. The molecule has 9 heteroatoms. The van der Waals surface area contributed by atoms with Gasteiger partial charge in [-0.2, -0.15) is 0 Å². The quantitative estimate of drug-likeness (QED) is 0.456. The highest BCUT2D eigenvalue weighted by molar-refractivity contribution is 5.74. The third-order valence-electron chi connectivity index (χ3n) is 8.90. The van der Waals surface area contributed by atoms with Gasteiger partial charge in [0, 0.05) is 57.5 Å². The molecule has 4 heterocycles. The van der Waals surface area contributed by atoms with Crippen LogP contribution in [0.3, 0.4) is 0 Å². The molecule has 3 fully saturated rings. The Morgan fingerprint density at radius 2 is 1.83 bits per heavy atom. The van der Waals surface area contributed by atoms with Crippen LogP contribution in [-0.2, 0) is 22.1 Å². The van der Waals surface area contributed by atoms with Crippen molar-refractivity contribution >= 4 is 12.2 Å². The molecule has 3 aliphatic heterocycles. The fourth-order valence-corrected chi connectivity index (χ4v) is 6.73. The van der Waals surface area contributed by atoms with E-state index in [2.05, 4.69) is 43.7 Å². The molecular weight excluding hydrogens is 520 g/mol. The van der Waals surface area contributed by atoms with Gasteiger partial charge in [0.25, 0.3) is 0 Å². The van der Waals surface area contributed by atoms with Gasteiger partial charge in [0.05, 0.1) is 18.0 Å². The molecule has 1 aromatic heterocycles. The van der Waals surface area contributed by atoms with Crippen LogP contribution in [0.25, 0.3) is 11.3 Å². The summed E-state index contributed by atoms with van der Waals surface area (Å²) >= 11 is 0. The van der Waals surface area contributed by atoms with Crippen molar-refractivity contribution in [2.75, 3.05) is 32.8 Å². The maximum absolute atomic E-state index is 13.0. The highest BCUT2D eigenvalue weighted by atomic mass is 16.6. The van der Waals surface area contributed by atoms with Crippen molar-refractivity contribution < 1.29 is 23.8 Å². The van der Waals surface area contributed by atoms with E-state index in [0.717, 1.165) is 53.4 Å². The van der Waals surface area contributed by atoms with Crippen LogP contribution in [0, 0.1) is 18.8 Å². The van der Waals surface area contributed by atoms with E-state index in [1.807, 2.05) is 30.6 Å². The number of likely N-dealkylation sites (tertiary alicyclic amines) is 2. The first-order valence-electron chi connectivity index (χ1n) is 15.2. The van der Waals surface area contributed by atoms with Gasteiger partial charge in [0.1, 0.15) is 17.2 Å². The summed E-state index contributed by atoms with van der Waals surface area (Å²) in [6.45, 7) is 12.9. The SMILES string of the molecule is Cc1ccc2c(c1)OC1(CCN(C(=O)OCC3CC3)CC1)c1c-2nc(C2CC(C)CN(C(=O)OC(C)(C)C)C2)n1C. The van der Waals surface area contributed by atoms with Gasteiger partial charge in [0.2, 0.25) is 0 Å². The van der Waals surface area contributed by atoms with Gasteiger partial charge in [-0.05, 0) is 76.5 Å². The average molecular weight is 565 g/mol. The number of aryl methyl sites for hydroxylation is 1. The molecule has 1 aromatic carbocycles. The molecular formula is C32H44N4O5. The zero-order valence-electron chi connectivity index (χ0n) is 25.4. The zero-order valence-corrected chi connectivity index (χ0v) is 25.4. The second kappa shape index (κ2) is 10.2. The van der Waals surface area contributed by atoms with Gasteiger partial charge in [0.15, 0.2) is 5.60 Å². The van der Waals surface area contributed by atoms with Crippen LogP contribution in [0.15, 0.2) is 18.2 Å². The lowest BCUT2D eigenvalue weighted by molar-refractivity contribution is -0.0114. The minimum atomic E-state index is -0.589. The number of amides is 2. The highest BCUT2D eigenvalue weighted by Gasteiger charge is 2.48. The minimum Gasteiger partial charge on any atom is -0.480 e. The number of fused-ring (bicyclic) bond motifs is 4. The monoisotopic (exact) mass is 564 g/mol. The van der Waals surface area contributed by atoms with Crippen LogP contribution in [0.5, 0.6) is 5.75 Å². The van der Waals surface area contributed by atoms with Crippen LogP contribution in [0.1, 0.15) is 82.8 Å². The second-order valence-electron chi connectivity index (χ2n) is 13.8. The average Bonchev–Trinajstić information content (AvgIpc) is 3.67. The Kier molecular flexibility index (Phi) is 6.97. The lowest BCUT2D eigenvalue weighted by Gasteiger charge is -2.44. The van der Waals surface area contributed by atoms with Crippen molar-refractivity contribution in [1.29, 1.82) is 0 Å². The number of benzene rings is 1. The van der Waals surface area contributed by atoms with Crippen LogP contribution >= 0.6 is 0 Å². The summed E-state index contributed by atoms with van der Waals surface area (Å²) in [4.78, 5) is 34.8. The van der Waals surface area contributed by atoms with E-state index in [0.29, 0.717) is 57.5 Å². The Morgan fingerprint density at radius 1 is 1.10 bits per heavy atom. The van der Waals surface area contributed by atoms with E-state index in [1.54, 1.807) is 0 Å². The summed E-state index contributed by atoms with van der Waals surface area (Å²) in [5.41, 5.74) is 3.02. The maximum atomic E-state index is 13.0. The van der Waals surface area contributed by atoms with Gasteiger partial charge in [-0.3, -0.25) is 0 Å². The molecule has 2 saturated heterocycles. The van der Waals surface area contributed by atoms with Gasteiger partial charge < -0.3 is 28.6 Å². The summed E-state index contributed by atoms with van der Waals surface area (Å²) in [7, 11) is 2.08. The molecule has 1 aliphatic carbocycles. The Bertz CT molecular complexity index is 1330. The van der Waals surface area contributed by atoms with Crippen molar-refractivity contribution in [3.8, 4) is 17.0 Å². The highest BCUT2D eigenvalue weighted by Crippen LogP contribution is 2.50. The summed E-state index contributed by atoms with van der Waals surface area (Å²) < 4.78 is 20.4. The third kappa shape index (κ3) is 5.52. The molecule has 222 valence electrons. The van der Waals surface area contributed by atoms with E-state index >= 15 is 0 Å². The minimum absolute atomic E-state index is 0.0744. The third-order valence-corrected chi connectivity index (χ3v) is 8.90. The lowest BCUT2D eigenvalue weighted by atomic mass is 9.83. The molecule has 9 nitrogen and oxygen atoms in total. The molecule has 1 spiro atoms. The van der Waals surface area contributed by atoms with Crippen molar-refractivity contribution in [3.63, 3.8) is 0 Å². The first kappa shape index (κ1) is 27.9. The van der Waals surface area contributed by atoms with Gasteiger partial charge >= 0.3 is 12.2 Å². The van der Waals surface area contributed by atoms with Crippen LogP contribution in [-0.4, -0.2) is 69.9 Å². The van der Waals surface area contributed by atoms with Crippen molar-refractivity contribution in [2.24, 2.45) is 18.9 Å². The Labute approximate surface area is 243 Å². The molecule has 0 bridgehead atoms. The lowest BCUT2D eigenvalue weighted by Crippen LogP contribution is -2.50. The predicted octanol–water partition coefficient (Wildman–Crippen LogP) is 5.99. The first-order chi connectivity index (χ1) is 19.4. The largest absolute Gasteiger partial charge is 0.480 e. The normalized spacial score (nSPS) is 23.5. The number of piperidine rings is 2. The van der Waals surface area contributed by atoms with E-state index < -0.39 is 11.2 Å². The number of carbonyl (C=O) groups excluding carboxylic acids is 2. The topological polar surface area (TPSA) is 86.1 Å². The Hall–Kier alpha value is -3.23. The number of imidazole rings is 1. The fraction of sp³-hybridized carbons (Fsp3) is 0.656. The number of aromatic nitrogens is 2. The van der Waals surface area contributed by atoms with Crippen LogP contribution in [0.4, 0.5) is 9.59 Å². The predicted molar refractivity (Wildman–Crippen MR) is 155 cm³/mol. The van der Waals surface area contributed by atoms with E-state index in [-0.39, 0.29) is 18.1 Å². The Balaban J connectivity index is 1.31. The number of carbonyl (C=O) groups is 2. The molecule has 2 amide bonds. The Morgan fingerprint density at radius 3 is 2.51 bits per heavy atom. The van der Waals surface area contributed by atoms with Gasteiger partial charge in [-0.1, -0.05) is 13.0 Å². The molecule has 2 unspecified atom stereocenters. The van der Waals surface area contributed by atoms with Crippen LogP contribution in [0.2, 0.25) is 0 Å². The van der Waals surface area contributed by atoms with Crippen LogP contribution < -0.4 is 4.74 Å². The molecule has 2 aromatic rings. The molecule has 2 atom stereocenters. The van der Waals surface area contributed by atoms with Gasteiger partial charge in [-0.25, -0.2) is 14.6 Å². The van der Waals surface area contributed by atoms with E-state index in [1.165, 1.54) is 0 Å². The van der Waals surface area contributed by atoms with E-state index in [4.69, 9.17) is 19.2 Å². The standard InChI is InChI=1S/C32H44N4O5/c1-20-7-10-24-25(16-20)40-32(11-13-35(14-12-32)29(37)39-19-22-8-9-22)27-26(24)33-28(34(27)6)23-15-21(2)17-36(18-23)30(38)41-31(3,4)5/h7,10,16,21-23H,8-9,11-15,17-19H2,1-6H3. The zero-order chi connectivity index (χ0) is 29.1. The van der Waals surface area contributed by atoms with Crippen molar-refractivity contribution in [3.05, 3.63) is 35.3 Å². The second-order valence-corrected chi connectivity index (χ2v) is 13.8. The summed E-state index contributed by atoms with van der Waals surface area (Å²) in [6.07, 6.45) is 4.09. The smallest absolute Gasteiger partial charge is 0.410 e. The summed E-state index contributed by atoms with van der Waals surface area (Å²) in [6, 6.07) is 6.30.